The highest BCUT2D eigenvalue weighted by molar-refractivity contribution is 7.89. The van der Waals surface area contributed by atoms with Crippen molar-refractivity contribution in [3.05, 3.63) is 160 Å². The number of fused-ring (bicyclic) bond motifs is 4. The third-order valence-corrected chi connectivity index (χ3v) is 16.2. The van der Waals surface area contributed by atoms with Crippen LogP contribution in [-0.2, 0) is 21.4 Å². The summed E-state index contributed by atoms with van der Waals surface area (Å²) < 4.78 is 37.4. The Morgan fingerprint density at radius 2 is 1.36 bits per heavy atom. The fourth-order valence-corrected chi connectivity index (χ4v) is 12.1. The molecule has 15 nitrogen and oxygen atoms in total. The number of aromatic carboxylic acids is 1. The molecule has 0 saturated heterocycles. The average Bonchev–Trinajstić information content (AvgIpc) is 3.39. The lowest BCUT2D eigenvalue weighted by molar-refractivity contribution is -0.645. The van der Waals surface area contributed by atoms with Gasteiger partial charge in [-0.25, -0.2) is 17.5 Å². The zero-order valence-electron chi connectivity index (χ0n) is 41.4. The van der Waals surface area contributed by atoms with Crippen molar-refractivity contribution < 1.29 is 51.9 Å². The van der Waals surface area contributed by atoms with Crippen LogP contribution in [0.3, 0.4) is 0 Å². The first-order valence-electron chi connectivity index (χ1n) is 24.8. The number of para-hydroxylation sites is 2. The predicted octanol–water partition coefficient (Wildman–Crippen LogP) is 9.36. The van der Waals surface area contributed by atoms with Crippen molar-refractivity contribution in [3.8, 4) is 28.2 Å². The van der Waals surface area contributed by atoms with E-state index in [0.717, 1.165) is 59.4 Å². The Morgan fingerprint density at radius 1 is 0.703 bits per heavy atom. The molecule has 3 N–H and O–H groups in total. The van der Waals surface area contributed by atoms with E-state index in [9.17, 15) is 47.7 Å². The molecule has 2 amide bonds. The Labute approximate surface area is 427 Å². The van der Waals surface area contributed by atoms with Crippen molar-refractivity contribution in [2.45, 2.75) is 81.8 Å². The first kappa shape index (κ1) is 51.0. The number of aromatic nitrogens is 1. The standard InChI is InChI=1S/C58H56N4O11S/c1-36-20-25-40(26-21-36)74(71,72)62(32-12-19-53(65)66)57(68)55-42-13-4-6-15-47(42)61(48-16-7-5-14-43(48)55)31-11-10-30-59(2)49-17-8-9-18-50(49)60(3)56(67)37-22-27-41(46(33-37)58(69)70)54-44-28-23-38(63)34-51(44)73-52-35-39(64)24-29-45(52)54/h4-7,13-16,20-29,33-35,49-50H,8-12,17-19,30-32H2,1-3H3,(H2-,63,64,65,66,69,70)/p+1/t49-,50-/m0/s1. The van der Waals surface area contributed by atoms with Crippen LogP contribution >= 0.6 is 0 Å². The van der Waals surface area contributed by atoms with Gasteiger partial charge in [-0.2, -0.15) is 4.57 Å². The van der Waals surface area contributed by atoms with Crippen LogP contribution in [0.5, 0.6) is 5.75 Å². The molecule has 380 valence electrons. The van der Waals surface area contributed by atoms with Crippen LogP contribution in [0, 0.1) is 6.92 Å². The summed E-state index contributed by atoms with van der Waals surface area (Å²) in [7, 11) is -0.542. The van der Waals surface area contributed by atoms with Crippen LogP contribution in [0.4, 0.5) is 0 Å². The average molecular weight is 1020 g/mol. The number of carboxylic acid groups (broad SMARTS) is 2. The molecule has 9 rings (SSSR count). The summed E-state index contributed by atoms with van der Waals surface area (Å²) in [6, 6.07) is 34.4. The minimum absolute atomic E-state index is 0.0262. The SMILES string of the molecule is Cc1ccc(S(=O)(=O)N(CCCC(=O)O)C(=O)c2c3ccccc3[n+](CCCCN(C)[C@H]3CCCC[C@@H]3N(C)C(=O)c3ccc(-c4c5ccc(=O)cc-5oc5cc(O)ccc45)c(C(=O)O)c3)c3ccccc23)cc1. The van der Waals surface area contributed by atoms with Crippen molar-refractivity contribution in [3.63, 3.8) is 0 Å². The summed E-state index contributed by atoms with van der Waals surface area (Å²) in [6.45, 7) is 2.80. The summed E-state index contributed by atoms with van der Waals surface area (Å²) in [5, 5.41) is 31.9. The fourth-order valence-electron chi connectivity index (χ4n) is 10.7. The van der Waals surface area contributed by atoms with Gasteiger partial charge in [0.25, 0.3) is 21.8 Å². The van der Waals surface area contributed by atoms with Crippen molar-refractivity contribution in [2.75, 3.05) is 27.2 Å². The number of aromatic hydroxyl groups is 1. The Hall–Kier alpha value is -7.95. The van der Waals surface area contributed by atoms with Crippen molar-refractivity contribution >= 4 is 66.6 Å². The first-order valence-corrected chi connectivity index (χ1v) is 26.2. The second-order valence-electron chi connectivity index (χ2n) is 19.2. The number of phenolic OH excluding ortho intramolecular Hbond substituents is 1. The van der Waals surface area contributed by atoms with Crippen LogP contribution in [0.15, 0.2) is 142 Å². The van der Waals surface area contributed by atoms with Crippen LogP contribution in [0.25, 0.3) is 55.2 Å². The number of aryl methyl sites for hydroxylation is 2. The molecule has 16 heteroatoms. The highest BCUT2D eigenvalue weighted by Gasteiger charge is 2.36. The molecule has 3 aliphatic rings. The third-order valence-electron chi connectivity index (χ3n) is 14.4. The van der Waals surface area contributed by atoms with E-state index in [1.807, 2.05) is 55.5 Å². The van der Waals surface area contributed by atoms with Crippen LogP contribution in [0.2, 0.25) is 0 Å². The zero-order chi connectivity index (χ0) is 52.4. The van der Waals surface area contributed by atoms with Gasteiger partial charge in [-0.15, -0.1) is 0 Å². The van der Waals surface area contributed by atoms with E-state index in [1.54, 1.807) is 48.3 Å². The number of unbranched alkanes of at least 4 members (excludes halogenated alkanes) is 1. The number of carbonyl (C=O) groups is 4. The molecule has 2 heterocycles. The minimum Gasteiger partial charge on any atom is -0.508 e. The van der Waals surface area contributed by atoms with Gasteiger partial charge in [-0.05, 0) is 112 Å². The molecule has 74 heavy (non-hydrogen) atoms. The number of amides is 2. The number of rotatable bonds is 17. The van der Waals surface area contributed by atoms with Gasteiger partial charge in [0.1, 0.15) is 23.6 Å². The lowest BCUT2D eigenvalue weighted by Gasteiger charge is -2.42. The van der Waals surface area contributed by atoms with Gasteiger partial charge in [-0.3, -0.25) is 19.2 Å². The van der Waals surface area contributed by atoms with E-state index >= 15 is 0 Å². The Balaban J connectivity index is 0.939. The largest absolute Gasteiger partial charge is 0.508 e. The molecule has 1 fully saturated rings. The van der Waals surface area contributed by atoms with Crippen LogP contribution in [0.1, 0.15) is 88.0 Å². The molecule has 0 bridgehead atoms. The van der Waals surface area contributed by atoms with Gasteiger partial charge in [0.15, 0.2) is 5.43 Å². The second-order valence-corrected chi connectivity index (χ2v) is 21.0. The maximum absolute atomic E-state index is 14.9. The van der Waals surface area contributed by atoms with Gasteiger partial charge in [0, 0.05) is 84.9 Å². The van der Waals surface area contributed by atoms with Crippen LogP contribution < -0.4 is 10.00 Å². The molecule has 1 aromatic heterocycles. The number of hydrogen-bond acceptors (Lipinski definition) is 10. The maximum Gasteiger partial charge on any atom is 0.336 e. The predicted molar refractivity (Wildman–Crippen MR) is 281 cm³/mol. The molecular formula is C58H57N4O11S+. The van der Waals surface area contributed by atoms with Gasteiger partial charge >= 0.3 is 11.9 Å². The van der Waals surface area contributed by atoms with Crippen molar-refractivity contribution in [2.24, 2.45) is 0 Å². The molecule has 5 aromatic carbocycles. The number of sulfonamides is 1. The normalized spacial score (nSPS) is 15.0. The summed E-state index contributed by atoms with van der Waals surface area (Å²) in [5.74, 6) is -3.22. The van der Waals surface area contributed by atoms with Crippen LogP contribution in [-0.4, -0.2) is 101 Å². The number of hydrogen-bond donors (Lipinski definition) is 3. The molecule has 1 saturated carbocycles. The summed E-state index contributed by atoms with van der Waals surface area (Å²) in [6.07, 6.45) is 4.70. The summed E-state index contributed by atoms with van der Waals surface area (Å²) in [5.41, 5.74) is 3.95. The smallest absolute Gasteiger partial charge is 0.336 e. The van der Waals surface area contributed by atoms with E-state index in [-0.39, 0.29) is 81.5 Å². The Morgan fingerprint density at radius 3 is 2.04 bits per heavy atom. The number of phenols is 1. The van der Waals surface area contributed by atoms with Gasteiger partial charge in [0.2, 0.25) is 11.0 Å². The molecule has 1 aliphatic heterocycles. The quantitative estimate of drug-likeness (QED) is 0.0443. The molecule has 6 aromatic rings. The summed E-state index contributed by atoms with van der Waals surface area (Å²) >= 11 is 0. The monoisotopic (exact) mass is 1020 g/mol. The third kappa shape index (κ3) is 10.1. The van der Waals surface area contributed by atoms with E-state index in [1.165, 1.54) is 42.5 Å². The number of pyridine rings is 1. The number of aliphatic carboxylic acids is 1. The second kappa shape index (κ2) is 21.3. The van der Waals surface area contributed by atoms with Crippen molar-refractivity contribution in [1.29, 1.82) is 0 Å². The molecule has 0 unspecified atom stereocenters. The van der Waals surface area contributed by atoms with E-state index in [4.69, 9.17) is 4.42 Å². The number of nitrogens with zero attached hydrogens (tertiary/aromatic N) is 4. The number of carbonyl (C=O) groups excluding carboxylic acids is 2. The fraction of sp³-hybridized carbons (Fsp3) is 0.276. The Kier molecular flexibility index (Phi) is 14.6. The first-order chi connectivity index (χ1) is 35.5. The summed E-state index contributed by atoms with van der Waals surface area (Å²) in [4.78, 5) is 70.1. The molecular weight excluding hydrogens is 961 g/mol. The van der Waals surface area contributed by atoms with E-state index < -0.39 is 27.9 Å². The molecule has 0 spiro atoms. The van der Waals surface area contributed by atoms with Gasteiger partial charge < -0.3 is 29.5 Å². The molecule has 2 aliphatic carbocycles. The van der Waals surface area contributed by atoms with E-state index in [2.05, 4.69) is 16.5 Å². The lowest BCUT2D eigenvalue weighted by atomic mass is 9.87. The molecule has 0 radical (unpaired) electrons. The van der Waals surface area contributed by atoms with Gasteiger partial charge in [-0.1, -0.05) is 60.9 Å². The topological polar surface area (TPSA) is 207 Å². The van der Waals surface area contributed by atoms with E-state index in [0.29, 0.717) is 45.9 Å². The number of carboxylic acids is 2. The highest BCUT2D eigenvalue weighted by Crippen LogP contribution is 2.42. The zero-order valence-corrected chi connectivity index (χ0v) is 42.2. The van der Waals surface area contributed by atoms with Gasteiger partial charge in [0.05, 0.1) is 26.8 Å². The highest BCUT2D eigenvalue weighted by atomic mass is 32.2. The Bertz CT molecular complexity index is 3570. The minimum atomic E-state index is -4.38. The number of benzene rings is 6. The van der Waals surface area contributed by atoms with Crippen molar-refractivity contribution in [1.82, 2.24) is 14.1 Å². The number of likely N-dealkylation sites (N-methyl/N-ethyl adjacent to an activating group) is 2. The molecule has 2 atom stereocenters. The maximum atomic E-state index is 14.9. The lowest BCUT2D eigenvalue weighted by Crippen LogP contribution is -2.53.